The molecule has 23 heavy (non-hydrogen) atoms. The van der Waals surface area contributed by atoms with E-state index in [1.807, 2.05) is 0 Å². The number of hydrogen-bond acceptors (Lipinski definition) is 4. The highest BCUT2D eigenvalue weighted by atomic mass is 19.1. The Bertz CT molecular complexity index is 737. The minimum absolute atomic E-state index is 0.0779. The molecule has 7 heteroatoms. The van der Waals surface area contributed by atoms with Gasteiger partial charge in [0.2, 0.25) is 11.8 Å². The van der Waals surface area contributed by atoms with Crippen LogP contribution in [0, 0.1) is 11.6 Å². The van der Waals surface area contributed by atoms with E-state index < -0.39 is 11.6 Å². The highest BCUT2D eigenvalue weighted by Gasteiger charge is 2.36. The van der Waals surface area contributed by atoms with Gasteiger partial charge < -0.3 is 9.42 Å². The van der Waals surface area contributed by atoms with Crippen molar-refractivity contribution in [1.29, 1.82) is 0 Å². The smallest absolute Gasteiger partial charge is 0.232 e. The number of hydrogen-bond donors (Lipinski definition) is 0. The number of halogens is 2. The van der Waals surface area contributed by atoms with Crippen LogP contribution in [0.1, 0.15) is 48.4 Å². The Morgan fingerprint density at radius 2 is 1.91 bits per heavy atom. The second-order valence-electron chi connectivity index (χ2n) is 6.22. The molecule has 0 N–H and O–H groups in total. The van der Waals surface area contributed by atoms with E-state index >= 15 is 0 Å². The predicted octanol–water partition coefficient (Wildman–Crippen LogP) is 2.74. The number of aromatic nitrogens is 2. The molecule has 1 aliphatic carbocycles. The topological polar surface area (TPSA) is 59.2 Å². The van der Waals surface area contributed by atoms with Crippen molar-refractivity contribution in [1.82, 2.24) is 15.0 Å². The number of carbonyl (C=O) groups excluding carboxylic acids is 1. The Hall–Kier alpha value is -2.31. The molecule has 2 fully saturated rings. The van der Waals surface area contributed by atoms with Crippen LogP contribution in [0.3, 0.4) is 0 Å². The standard InChI is InChI=1S/C16H15F2N3O2/c17-12-3-9(4-13(18)6-12)7-21-8-11(5-14(21)22)16-19-15(20-23-16)10-1-2-10/h3-4,6,10-11H,1-2,5,7-8H2. The Labute approximate surface area is 131 Å². The molecule has 1 aliphatic heterocycles. The lowest BCUT2D eigenvalue weighted by Gasteiger charge is -2.16. The van der Waals surface area contributed by atoms with Gasteiger partial charge in [-0.25, -0.2) is 8.78 Å². The Kier molecular flexibility index (Phi) is 3.36. The summed E-state index contributed by atoms with van der Waals surface area (Å²) < 4.78 is 31.8. The summed E-state index contributed by atoms with van der Waals surface area (Å²) in [6.45, 7) is 0.594. The number of carbonyl (C=O) groups is 1. The summed E-state index contributed by atoms with van der Waals surface area (Å²) in [6.07, 6.45) is 2.45. The monoisotopic (exact) mass is 319 g/mol. The van der Waals surface area contributed by atoms with Crippen LogP contribution in [0.2, 0.25) is 0 Å². The van der Waals surface area contributed by atoms with Crippen molar-refractivity contribution in [2.24, 2.45) is 0 Å². The van der Waals surface area contributed by atoms with Crippen LogP contribution in [-0.4, -0.2) is 27.5 Å². The molecule has 120 valence electrons. The van der Waals surface area contributed by atoms with E-state index in [-0.39, 0.29) is 24.8 Å². The van der Waals surface area contributed by atoms with Gasteiger partial charge >= 0.3 is 0 Å². The third-order valence-corrected chi connectivity index (χ3v) is 4.26. The van der Waals surface area contributed by atoms with Crippen molar-refractivity contribution < 1.29 is 18.1 Å². The minimum atomic E-state index is -0.644. The molecule has 2 aromatic rings. The summed E-state index contributed by atoms with van der Waals surface area (Å²) in [5, 5.41) is 3.96. The minimum Gasteiger partial charge on any atom is -0.339 e. The summed E-state index contributed by atoms with van der Waals surface area (Å²) in [6, 6.07) is 3.29. The molecule has 1 unspecified atom stereocenters. The lowest BCUT2D eigenvalue weighted by molar-refractivity contribution is -0.128. The maximum atomic E-state index is 13.2. The third kappa shape index (κ3) is 2.95. The van der Waals surface area contributed by atoms with Gasteiger partial charge in [-0.2, -0.15) is 4.98 Å². The molecule has 5 nitrogen and oxygen atoms in total. The average Bonchev–Trinajstić information content (AvgIpc) is 3.10. The number of nitrogens with zero attached hydrogens (tertiary/aromatic N) is 3. The Morgan fingerprint density at radius 1 is 1.17 bits per heavy atom. The first kappa shape index (κ1) is 14.3. The number of benzene rings is 1. The van der Waals surface area contributed by atoms with Crippen molar-refractivity contribution >= 4 is 5.91 Å². The maximum absolute atomic E-state index is 13.2. The first-order valence-corrected chi connectivity index (χ1v) is 7.65. The second-order valence-corrected chi connectivity index (χ2v) is 6.22. The molecule has 2 aliphatic rings. The second kappa shape index (κ2) is 5.40. The van der Waals surface area contributed by atoms with Gasteiger partial charge in [0, 0.05) is 31.5 Å². The van der Waals surface area contributed by atoms with E-state index in [0.29, 0.717) is 23.9 Å². The van der Waals surface area contributed by atoms with Crippen LogP contribution in [0.5, 0.6) is 0 Å². The molecule has 1 aromatic carbocycles. The first-order valence-electron chi connectivity index (χ1n) is 7.65. The van der Waals surface area contributed by atoms with Crippen LogP contribution in [0.25, 0.3) is 0 Å². The van der Waals surface area contributed by atoms with Gasteiger partial charge in [0.15, 0.2) is 5.82 Å². The number of likely N-dealkylation sites (tertiary alicyclic amines) is 1. The largest absolute Gasteiger partial charge is 0.339 e. The molecule has 1 atom stereocenters. The molecule has 0 spiro atoms. The molecule has 1 aromatic heterocycles. The molecule has 2 heterocycles. The molecular formula is C16H15F2N3O2. The van der Waals surface area contributed by atoms with E-state index in [1.165, 1.54) is 12.1 Å². The Balaban J connectivity index is 1.46. The summed E-state index contributed by atoms with van der Waals surface area (Å²) in [4.78, 5) is 18.1. The fourth-order valence-corrected chi connectivity index (χ4v) is 2.93. The van der Waals surface area contributed by atoms with Crippen molar-refractivity contribution in [2.45, 2.75) is 37.6 Å². The molecular weight excluding hydrogens is 304 g/mol. The van der Waals surface area contributed by atoms with Crippen LogP contribution in [0.15, 0.2) is 22.7 Å². The van der Waals surface area contributed by atoms with Gasteiger partial charge in [0.1, 0.15) is 11.6 Å². The number of rotatable bonds is 4. The normalized spacial score (nSPS) is 21.2. The summed E-state index contributed by atoms with van der Waals surface area (Å²) >= 11 is 0. The van der Waals surface area contributed by atoms with Crippen molar-refractivity contribution in [3.63, 3.8) is 0 Å². The van der Waals surface area contributed by atoms with E-state index in [9.17, 15) is 13.6 Å². The molecule has 4 rings (SSSR count). The average molecular weight is 319 g/mol. The van der Waals surface area contributed by atoms with Crippen LogP contribution in [-0.2, 0) is 11.3 Å². The lowest BCUT2D eigenvalue weighted by Crippen LogP contribution is -2.24. The molecule has 0 bridgehead atoms. The lowest BCUT2D eigenvalue weighted by atomic mass is 10.1. The van der Waals surface area contributed by atoms with Gasteiger partial charge in [-0.1, -0.05) is 5.16 Å². The zero-order chi connectivity index (χ0) is 16.0. The molecule has 0 radical (unpaired) electrons. The summed E-state index contributed by atoms with van der Waals surface area (Å²) in [5.41, 5.74) is 0.431. The predicted molar refractivity (Wildman–Crippen MR) is 75.4 cm³/mol. The van der Waals surface area contributed by atoms with Crippen molar-refractivity contribution in [2.75, 3.05) is 6.54 Å². The molecule has 1 amide bonds. The maximum Gasteiger partial charge on any atom is 0.232 e. The Morgan fingerprint density at radius 3 is 2.61 bits per heavy atom. The van der Waals surface area contributed by atoms with E-state index in [0.717, 1.165) is 24.7 Å². The van der Waals surface area contributed by atoms with E-state index in [1.54, 1.807) is 4.90 Å². The van der Waals surface area contributed by atoms with Gasteiger partial charge in [-0.05, 0) is 30.5 Å². The highest BCUT2D eigenvalue weighted by Crippen LogP contribution is 2.39. The third-order valence-electron chi connectivity index (χ3n) is 4.26. The van der Waals surface area contributed by atoms with E-state index in [4.69, 9.17) is 4.52 Å². The van der Waals surface area contributed by atoms with Gasteiger partial charge in [-0.15, -0.1) is 0 Å². The number of amides is 1. The van der Waals surface area contributed by atoms with Crippen molar-refractivity contribution in [3.8, 4) is 0 Å². The quantitative estimate of drug-likeness (QED) is 0.869. The van der Waals surface area contributed by atoms with Crippen molar-refractivity contribution in [3.05, 3.63) is 47.1 Å². The summed E-state index contributed by atoms with van der Waals surface area (Å²) in [7, 11) is 0. The fraction of sp³-hybridized carbons (Fsp3) is 0.438. The van der Waals surface area contributed by atoms with Crippen LogP contribution >= 0.6 is 0 Å². The molecule has 1 saturated carbocycles. The molecule has 1 saturated heterocycles. The van der Waals surface area contributed by atoms with Crippen LogP contribution in [0.4, 0.5) is 8.78 Å². The zero-order valence-corrected chi connectivity index (χ0v) is 12.3. The first-order chi connectivity index (χ1) is 11.1. The fourth-order valence-electron chi connectivity index (χ4n) is 2.93. The van der Waals surface area contributed by atoms with Gasteiger partial charge in [-0.3, -0.25) is 4.79 Å². The van der Waals surface area contributed by atoms with Gasteiger partial charge in [0.25, 0.3) is 0 Å². The zero-order valence-electron chi connectivity index (χ0n) is 12.3. The van der Waals surface area contributed by atoms with Gasteiger partial charge in [0.05, 0.1) is 5.92 Å². The highest BCUT2D eigenvalue weighted by molar-refractivity contribution is 5.79. The van der Waals surface area contributed by atoms with E-state index in [2.05, 4.69) is 10.1 Å². The summed E-state index contributed by atoms with van der Waals surface area (Å²) in [5.74, 6) is 0.0809. The SMILES string of the molecule is O=C1CC(c2nc(C3CC3)no2)CN1Cc1cc(F)cc(F)c1. The van der Waals surface area contributed by atoms with Crippen LogP contribution < -0.4 is 0 Å².